The van der Waals surface area contributed by atoms with E-state index in [2.05, 4.69) is 4.98 Å². The summed E-state index contributed by atoms with van der Waals surface area (Å²) in [6.45, 7) is 0.386. The number of imide groups is 1. The average molecular weight is 259 g/mol. The van der Waals surface area contributed by atoms with Crippen LogP contribution in [0.5, 0.6) is 0 Å². The third-order valence-corrected chi connectivity index (χ3v) is 3.37. The molecular formula is C13H13N3O3. The molecule has 6 heteroatoms. The van der Waals surface area contributed by atoms with E-state index in [1.807, 2.05) is 12.1 Å². The number of nitrogens with zero attached hydrogens (tertiary/aromatic N) is 2. The Balaban J connectivity index is 1.78. The van der Waals surface area contributed by atoms with E-state index in [4.69, 9.17) is 10.2 Å². The number of carbonyl (C=O) groups excluding carboxylic acids is 2. The number of carbonyl (C=O) groups is 2. The Bertz CT molecular complexity index is 616. The molecule has 1 atom stereocenters. The van der Waals surface area contributed by atoms with E-state index in [1.165, 1.54) is 0 Å². The predicted octanol–water partition coefficient (Wildman–Crippen LogP) is 1.30. The van der Waals surface area contributed by atoms with Gasteiger partial charge >= 0.3 is 6.03 Å². The summed E-state index contributed by atoms with van der Waals surface area (Å²) in [5.74, 6) is 0.243. The number of nitrogens with two attached hydrogens (primary N) is 1. The summed E-state index contributed by atoms with van der Waals surface area (Å²) in [6.07, 6.45) is 2.78. The maximum atomic E-state index is 11.9. The van der Waals surface area contributed by atoms with Crippen molar-refractivity contribution in [2.45, 2.75) is 12.8 Å². The molecule has 1 aliphatic rings. The minimum absolute atomic E-state index is 0.221. The first-order valence-corrected chi connectivity index (χ1v) is 6.09. The SMILES string of the molecule is NC(=O)N1CCC(Cc2cc3ncccc3o2)C1=O. The first-order valence-electron chi connectivity index (χ1n) is 6.09. The Hall–Kier alpha value is -2.37. The highest BCUT2D eigenvalue weighted by Gasteiger charge is 2.35. The van der Waals surface area contributed by atoms with E-state index < -0.39 is 6.03 Å². The van der Waals surface area contributed by atoms with E-state index in [9.17, 15) is 9.59 Å². The molecule has 3 heterocycles. The molecule has 2 N–H and O–H groups in total. The first-order chi connectivity index (χ1) is 9.15. The zero-order valence-electron chi connectivity index (χ0n) is 10.2. The van der Waals surface area contributed by atoms with Crippen molar-refractivity contribution in [3.05, 3.63) is 30.2 Å². The molecular weight excluding hydrogens is 246 g/mol. The standard InChI is InChI=1S/C13H13N3O3/c14-13(18)16-5-3-8(12(16)17)6-9-7-10-11(19-9)2-1-4-15-10/h1-2,4,7-8H,3,5-6H2,(H2,14,18). The molecule has 0 spiro atoms. The van der Waals surface area contributed by atoms with Crippen LogP contribution in [0.1, 0.15) is 12.2 Å². The number of urea groups is 1. The van der Waals surface area contributed by atoms with Gasteiger partial charge in [0.25, 0.3) is 0 Å². The number of furan rings is 1. The highest BCUT2D eigenvalue weighted by Crippen LogP contribution is 2.25. The van der Waals surface area contributed by atoms with Gasteiger partial charge < -0.3 is 10.2 Å². The molecule has 6 nitrogen and oxygen atoms in total. The van der Waals surface area contributed by atoms with E-state index in [-0.39, 0.29) is 11.8 Å². The summed E-state index contributed by atoms with van der Waals surface area (Å²) in [5.41, 5.74) is 6.61. The van der Waals surface area contributed by atoms with Gasteiger partial charge in [-0.05, 0) is 18.6 Å². The average Bonchev–Trinajstić information content (AvgIpc) is 2.94. The van der Waals surface area contributed by atoms with E-state index in [0.717, 1.165) is 10.4 Å². The highest BCUT2D eigenvalue weighted by molar-refractivity contribution is 5.96. The van der Waals surface area contributed by atoms with E-state index in [1.54, 1.807) is 12.3 Å². The van der Waals surface area contributed by atoms with Crippen LogP contribution in [0.15, 0.2) is 28.8 Å². The summed E-state index contributed by atoms with van der Waals surface area (Å²) >= 11 is 0. The molecule has 1 unspecified atom stereocenters. The Morgan fingerprint density at radius 3 is 3.11 bits per heavy atom. The fourth-order valence-electron chi connectivity index (χ4n) is 2.41. The van der Waals surface area contributed by atoms with Gasteiger partial charge in [0, 0.05) is 31.1 Å². The Morgan fingerprint density at radius 2 is 2.42 bits per heavy atom. The van der Waals surface area contributed by atoms with Crippen LogP contribution >= 0.6 is 0 Å². The first kappa shape index (κ1) is 11.7. The van der Waals surface area contributed by atoms with Gasteiger partial charge in [-0.3, -0.25) is 14.7 Å². The van der Waals surface area contributed by atoms with Crippen LogP contribution in [0, 0.1) is 5.92 Å². The number of rotatable bonds is 2. The van der Waals surface area contributed by atoms with Crippen molar-refractivity contribution in [1.82, 2.24) is 9.88 Å². The molecule has 3 amide bonds. The van der Waals surface area contributed by atoms with E-state index in [0.29, 0.717) is 30.7 Å². The molecule has 1 saturated heterocycles. The minimum atomic E-state index is -0.682. The van der Waals surface area contributed by atoms with Crippen LogP contribution in [0.3, 0.4) is 0 Å². The van der Waals surface area contributed by atoms with E-state index >= 15 is 0 Å². The number of primary amides is 1. The van der Waals surface area contributed by atoms with Crippen LogP contribution in [-0.4, -0.2) is 28.4 Å². The summed E-state index contributed by atoms with van der Waals surface area (Å²) in [4.78, 5) is 28.2. The molecule has 0 aliphatic carbocycles. The second-order valence-corrected chi connectivity index (χ2v) is 4.62. The van der Waals surface area contributed by atoms with Crippen molar-refractivity contribution in [3.8, 4) is 0 Å². The fourth-order valence-corrected chi connectivity index (χ4v) is 2.41. The monoisotopic (exact) mass is 259 g/mol. The number of amides is 3. The lowest BCUT2D eigenvalue weighted by atomic mass is 10.0. The zero-order valence-corrected chi connectivity index (χ0v) is 10.2. The Labute approximate surface area is 109 Å². The zero-order chi connectivity index (χ0) is 13.4. The molecule has 2 aromatic heterocycles. The largest absolute Gasteiger partial charge is 0.459 e. The summed E-state index contributed by atoms with van der Waals surface area (Å²) in [6, 6.07) is 4.78. The Kier molecular flexibility index (Phi) is 2.70. The predicted molar refractivity (Wildman–Crippen MR) is 67.1 cm³/mol. The molecule has 2 aromatic rings. The van der Waals surface area contributed by atoms with Gasteiger partial charge in [-0.25, -0.2) is 4.79 Å². The van der Waals surface area contributed by atoms with Crippen LogP contribution in [0.25, 0.3) is 11.1 Å². The fraction of sp³-hybridized carbons (Fsp3) is 0.308. The third-order valence-electron chi connectivity index (χ3n) is 3.37. The van der Waals surface area contributed by atoms with Gasteiger partial charge in [-0.1, -0.05) is 0 Å². The van der Waals surface area contributed by atoms with Crippen molar-refractivity contribution >= 4 is 23.0 Å². The highest BCUT2D eigenvalue weighted by atomic mass is 16.3. The van der Waals surface area contributed by atoms with Gasteiger partial charge in [0.2, 0.25) is 5.91 Å². The van der Waals surface area contributed by atoms with Crippen LogP contribution in [0.4, 0.5) is 4.79 Å². The summed E-state index contributed by atoms with van der Waals surface area (Å²) < 4.78 is 5.62. The number of likely N-dealkylation sites (tertiary alicyclic amines) is 1. The maximum absolute atomic E-state index is 11.9. The third kappa shape index (κ3) is 2.05. The second-order valence-electron chi connectivity index (χ2n) is 4.62. The van der Waals surface area contributed by atoms with Crippen molar-refractivity contribution in [2.75, 3.05) is 6.54 Å². The number of hydrogen-bond acceptors (Lipinski definition) is 4. The molecule has 0 aromatic carbocycles. The number of hydrogen-bond donors (Lipinski definition) is 1. The van der Waals surface area contributed by atoms with Gasteiger partial charge in [0.1, 0.15) is 11.3 Å². The lowest BCUT2D eigenvalue weighted by Gasteiger charge is -2.10. The number of aromatic nitrogens is 1. The molecule has 1 aliphatic heterocycles. The molecule has 3 rings (SSSR count). The molecule has 0 bridgehead atoms. The lowest BCUT2D eigenvalue weighted by Crippen LogP contribution is -2.38. The lowest BCUT2D eigenvalue weighted by molar-refractivity contribution is -0.128. The topological polar surface area (TPSA) is 89.4 Å². The van der Waals surface area contributed by atoms with Crippen molar-refractivity contribution in [2.24, 2.45) is 11.7 Å². The summed E-state index contributed by atoms with van der Waals surface area (Å²) in [7, 11) is 0. The van der Waals surface area contributed by atoms with Gasteiger partial charge in [0.05, 0.1) is 0 Å². The second kappa shape index (κ2) is 4.38. The molecule has 1 fully saturated rings. The van der Waals surface area contributed by atoms with Crippen molar-refractivity contribution in [3.63, 3.8) is 0 Å². The Morgan fingerprint density at radius 1 is 1.58 bits per heavy atom. The molecule has 0 radical (unpaired) electrons. The molecule has 0 saturated carbocycles. The maximum Gasteiger partial charge on any atom is 0.321 e. The van der Waals surface area contributed by atoms with Crippen LogP contribution in [-0.2, 0) is 11.2 Å². The van der Waals surface area contributed by atoms with Gasteiger partial charge in [-0.2, -0.15) is 0 Å². The van der Waals surface area contributed by atoms with Crippen molar-refractivity contribution < 1.29 is 14.0 Å². The smallest absolute Gasteiger partial charge is 0.321 e. The van der Waals surface area contributed by atoms with Crippen molar-refractivity contribution in [1.29, 1.82) is 0 Å². The van der Waals surface area contributed by atoms with Gasteiger partial charge in [-0.15, -0.1) is 0 Å². The summed E-state index contributed by atoms with van der Waals surface area (Å²) in [5, 5.41) is 0. The van der Waals surface area contributed by atoms with Gasteiger partial charge in [0.15, 0.2) is 5.58 Å². The quantitative estimate of drug-likeness (QED) is 0.880. The molecule has 98 valence electrons. The van der Waals surface area contributed by atoms with Crippen LogP contribution < -0.4 is 5.73 Å². The number of fused-ring (bicyclic) bond motifs is 1. The normalized spacial score (nSPS) is 19.3. The minimum Gasteiger partial charge on any atom is -0.459 e. The number of pyridine rings is 1. The molecule has 19 heavy (non-hydrogen) atoms. The van der Waals surface area contributed by atoms with Crippen LogP contribution in [0.2, 0.25) is 0 Å².